The molecule has 2 rings (SSSR count). The number of carbonyl (C=O) groups is 1. The Morgan fingerprint density at radius 2 is 1.91 bits per heavy atom. The molecule has 2 N–H and O–H groups in total. The van der Waals surface area contributed by atoms with Crippen molar-refractivity contribution in [1.29, 1.82) is 0 Å². The van der Waals surface area contributed by atoms with Crippen molar-refractivity contribution in [2.45, 2.75) is 6.54 Å². The van der Waals surface area contributed by atoms with Gasteiger partial charge in [0.1, 0.15) is 5.69 Å². The predicted molar refractivity (Wildman–Crippen MR) is 73.7 cm³/mol. The van der Waals surface area contributed by atoms with Gasteiger partial charge in [-0.15, -0.1) is 0 Å². The van der Waals surface area contributed by atoms with E-state index in [9.17, 15) is 23.7 Å². The Hall–Kier alpha value is -3.03. The summed E-state index contributed by atoms with van der Waals surface area (Å²) in [5.41, 5.74) is -1.12. The molecule has 6 nitrogen and oxygen atoms in total. The fraction of sp³-hybridized carbons (Fsp3) is 0.0714. The summed E-state index contributed by atoms with van der Waals surface area (Å²) >= 11 is 0. The maximum atomic E-state index is 13.6. The smallest absolute Gasteiger partial charge is 0.338 e. The van der Waals surface area contributed by atoms with E-state index in [0.717, 1.165) is 12.1 Å². The molecule has 0 aliphatic rings. The molecule has 0 aliphatic carbocycles. The fourth-order valence-electron chi connectivity index (χ4n) is 1.92. The van der Waals surface area contributed by atoms with Crippen molar-refractivity contribution >= 4 is 17.3 Å². The summed E-state index contributed by atoms with van der Waals surface area (Å²) in [6.07, 6.45) is 0. The molecule has 0 fully saturated rings. The van der Waals surface area contributed by atoms with Gasteiger partial charge < -0.3 is 10.4 Å². The van der Waals surface area contributed by atoms with E-state index < -0.39 is 28.2 Å². The number of aromatic carboxylic acids is 1. The largest absolute Gasteiger partial charge is 0.478 e. The van der Waals surface area contributed by atoms with Crippen LogP contribution in [0.4, 0.5) is 20.2 Å². The zero-order valence-electron chi connectivity index (χ0n) is 11.0. The fourth-order valence-corrected chi connectivity index (χ4v) is 1.92. The SMILES string of the molecule is O=C(O)c1cccc([N+](=O)[O-])c1NCc1cccc(F)c1F. The number of nitrogens with zero attached hydrogens (tertiary/aromatic N) is 1. The summed E-state index contributed by atoms with van der Waals surface area (Å²) in [4.78, 5) is 21.3. The van der Waals surface area contributed by atoms with Crippen LogP contribution in [-0.2, 0) is 6.54 Å². The number of carboxylic acid groups (broad SMARTS) is 1. The van der Waals surface area contributed by atoms with Gasteiger partial charge in [-0.2, -0.15) is 0 Å². The van der Waals surface area contributed by atoms with Crippen LogP contribution in [0.15, 0.2) is 36.4 Å². The van der Waals surface area contributed by atoms with Crippen molar-refractivity contribution in [2.75, 3.05) is 5.32 Å². The Bertz CT molecular complexity index is 717. The van der Waals surface area contributed by atoms with Crippen LogP contribution < -0.4 is 5.32 Å². The second kappa shape index (κ2) is 6.17. The summed E-state index contributed by atoms with van der Waals surface area (Å²) in [7, 11) is 0. The molecule has 0 atom stereocenters. The summed E-state index contributed by atoms with van der Waals surface area (Å²) in [6.45, 7) is -0.297. The van der Waals surface area contributed by atoms with Crippen molar-refractivity contribution in [2.24, 2.45) is 0 Å². The molecule has 0 aliphatic heterocycles. The van der Waals surface area contributed by atoms with Crippen molar-refractivity contribution in [1.82, 2.24) is 0 Å². The minimum absolute atomic E-state index is 0.0745. The number of carboxylic acids is 1. The highest BCUT2D eigenvalue weighted by Gasteiger charge is 2.21. The monoisotopic (exact) mass is 308 g/mol. The third kappa shape index (κ3) is 3.00. The van der Waals surface area contributed by atoms with Gasteiger partial charge in [0.25, 0.3) is 5.69 Å². The van der Waals surface area contributed by atoms with Crippen LogP contribution in [0.25, 0.3) is 0 Å². The Labute approximate surface area is 123 Å². The average Bonchev–Trinajstić information content (AvgIpc) is 2.48. The van der Waals surface area contributed by atoms with Gasteiger partial charge in [-0.3, -0.25) is 10.1 Å². The summed E-state index contributed by atoms with van der Waals surface area (Å²) in [5, 5.41) is 22.5. The van der Waals surface area contributed by atoms with E-state index in [-0.39, 0.29) is 23.4 Å². The van der Waals surface area contributed by atoms with E-state index in [0.29, 0.717) is 0 Å². The van der Waals surface area contributed by atoms with Gasteiger partial charge in [0.15, 0.2) is 11.6 Å². The van der Waals surface area contributed by atoms with Crippen molar-refractivity contribution in [3.8, 4) is 0 Å². The van der Waals surface area contributed by atoms with Crippen LogP contribution in [0, 0.1) is 21.7 Å². The van der Waals surface area contributed by atoms with Gasteiger partial charge in [-0.05, 0) is 12.1 Å². The average molecular weight is 308 g/mol. The van der Waals surface area contributed by atoms with Crippen molar-refractivity contribution < 1.29 is 23.6 Å². The Balaban J connectivity index is 2.38. The van der Waals surface area contributed by atoms with Gasteiger partial charge in [-0.25, -0.2) is 13.6 Å². The van der Waals surface area contributed by atoms with Gasteiger partial charge in [0.05, 0.1) is 10.5 Å². The number of halogens is 2. The minimum Gasteiger partial charge on any atom is -0.478 e. The maximum Gasteiger partial charge on any atom is 0.338 e. The lowest BCUT2D eigenvalue weighted by Gasteiger charge is -2.11. The number of nitrogens with one attached hydrogen (secondary N) is 1. The highest BCUT2D eigenvalue weighted by molar-refractivity contribution is 5.96. The number of hydrogen-bond acceptors (Lipinski definition) is 4. The zero-order chi connectivity index (χ0) is 16.3. The molecule has 0 amide bonds. The molecule has 0 spiro atoms. The van der Waals surface area contributed by atoms with Crippen molar-refractivity contribution in [3.05, 3.63) is 69.3 Å². The van der Waals surface area contributed by atoms with Gasteiger partial charge in [0, 0.05) is 18.2 Å². The first kappa shape index (κ1) is 15.4. The molecule has 0 saturated heterocycles. The van der Waals surface area contributed by atoms with Crippen LogP contribution in [0.3, 0.4) is 0 Å². The first-order valence-electron chi connectivity index (χ1n) is 6.09. The topological polar surface area (TPSA) is 92.5 Å². The number of para-hydroxylation sites is 1. The molecule has 0 bridgehead atoms. The molecule has 114 valence electrons. The molecule has 0 heterocycles. The van der Waals surface area contributed by atoms with Crippen molar-refractivity contribution in [3.63, 3.8) is 0 Å². The number of nitro groups is 1. The molecule has 22 heavy (non-hydrogen) atoms. The Morgan fingerprint density at radius 1 is 1.23 bits per heavy atom. The quantitative estimate of drug-likeness (QED) is 0.653. The van der Waals surface area contributed by atoms with Gasteiger partial charge in [-0.1, -0.05) is 18.2 Å². The number of nitro benzene ring substituents is 1. The van der Waals surface area contributed by atoms with Gasteiger partial charge in [0.2, 0.25) is 0 Å². The lowest BCUT2D eigenvalue weighted by Crippen LogP contribution is -2.10. The summed E-state index contributed by atoms with van der Waals surface area (Å²) in [6, 6.07) is 7.05. The zero-order valence-corrected chi connectivity index (χ0v) is 11.0. The predicted octanol–water partition coefficient (Wildman–Crippen LogP) is 3.18. The molecule has 0 unspecified atom stereocenters. The molecule has 0 radical (unpaired) electrons. The van der Waals surface area contributed by atoms with Crippen LogP contribution in [0.2, 0.25) is 0 Å². The van der Waals surface area contributed by atoms with E-state index in [1.807, 2.05) is 0 Å². The van der Waals surface area contributed by atoms with E-state index in [1.54, 1.807) is 0 Å². The second-order valence-corrected chi connectivity index (χ2v) is 4.33. The summed E-state index contributed by atoms with van der Waals surface area (Å²) < 4.78 is 26.7. The van der Waals surface area contributed by atoms with E-state index in [4.69, 9.17) is 5.11 Å². The first-order valence-corrected chi connectivity index (χ1v) is 6.09. The normalized spacial score (nSPS) is 10.3. The van der Waals surface area contributed by atoms with Crippen LogP contribution in [0.1, 0.15) is 15.9 Å². The molecule has 2 aromatic rings. The van der Waals surface area contributed by atoms with E-state index >= 15 is 0 Å². The van der Waals surface area contributed by atoms with E-state index in [1.165, 1.54) is 24.3 Å². The third-order valence-electron chi connectivity index (χ3n) is 2.96. The highest BCUT2D eigenvalue weighted by Crippen LogP contribution is 2.29. The number of benzene rings is 2. The molecular formula is C14H10F2N2O4. The molecular weight excluding hydrogens is 298 g/mol. The molecule has 0 aromatic heterocycles. The van der Waals surface area contributed by atoms with Crippen LogP contribution in [-0.4, -0.2) is 16.0 Å². The first-order chi connectivity index (χ1) is 10.4. The lowest BCUT2D eigenvalue weighted by atomic mass is 10.1. The molecule has 0 saturated carbocycles. The molecule has 2 aromatic carbocycles. The van der Waals surface area contributed by atoms with Gasteiger partial charge >= 0.3 is 5.97 Å². The molecule has 8 heteroatoms. The Morgan fingerprint density at radius 3 is 2.55 bits per heavy atom. The van der Waals surface area contributed by atoms with Crippen LogP contribution >= 0.6 is 0 Å². The second-order valence-electron chi connectivity index (χ2n) is 4.33. The standard InChI is InChI=1S/C14H10F2N2O4/c15-10-5-1-3-8(12(10)16)7-17-13-9(14(19)20)4-2-6-11(13)18(21)22/h1-6,17H,7H2,(H,19,20). The Kier molecular flexibility index (Phi) is 4.31. The summed E-state index contributed by atoms with van der Waals surface area (Å²) in [5.74, 6) is -3.52. The number of hydrogen-bond donors (Lipinski definition) is 2. The third-order valence-corrected chi connectivity index (χ3v) is 2.96. The number of rotatable bonds is 5. The number of anilines is 1. The minimum atomic E-state index is -1.37. The van der Waals surface area contributed by atoms with Crippen LogP contribution in [0.5, 0.6) is 0 Å². The van der Waals surface area contributed by atoms with E-state index in [2.05, 4.69) is 5.32 Å². The highest BCUT2D eigenvalue weighted by atomic mass is 19.2. The lowest BCUT2D eigenvalue weighted by molar-refractivity contribution is -0.384. The maximum absolute atomic E-state index is 13.6.